The van der Waals surface area contributed by atoms with Crippen molar-refractivity contribution in [3.8, 4) is 0 Å². The quantitative estimate of drug-likeness (QED) is 0.837. The van der Waals surface area contributed by atoms with Crippen LogP contribution < -0.4 is 5.32 Å². The van der Waals surface area contributed by atoms with Crippen LogP contribution in [-0.4, -0.2) is 36.7 Å². The van der Waals surface area contributed by atoms with Crippen LogP contribution in [0.3, 0.4) is 0 Å². The van der Waals surface area contributed by atoms with E-state index in [0.717, 1.165) is 32.5 Å². The SMILES string of the molecule is CC(C)CNC1CCCN(OC(=O)C(C)(C)C)C1. The molecule has 1 heterocycles. The number of rotatable bonds is 4. The average Bonchev–Trinajstić information content (AvgIpc) is 2.25. The molecule has 0 radical (unpaired) electrons. The normalized spacial score (nSPS) is 22.2. The molecular weight excluding hydrogens is 228 g/mol. The molecule has 1 saturated heterocycles. The van der Waals surface area contributed by atoms with E-state index in [9.17, 15) is 4.79 Å². The van der Waals surface area contributed by atoms with Crippen molar-refractivity contribution in [3.05, 3.63) is 0 Å². The first-order valence-corrected chi connectivity index (χ1v) is 6.99. The number of carbonyl (C=O) groups is 1. The number of hydrogen-bond donors (Lipinski definition) is 1. The van der Waals surface area contributed by atoms with Gasteiger partial charge in [-0.2, -0.15) is 0 Å². The van der Waals surface area contributed by atoms with Crippen LogP contribution in [0.1, 0.15) is 47.5 Å². The number of nitrogens with zero attached hydrogens (tertiary/aromatic N) is 1. The van der Waals surface area contributed by atoms with Crippen molar-refractivity contribution in [1.82, 2.24) is 10.4 Å². The lowest BCUT2D eigenvalue weighted by molar-refractivity contribution is -0.205. The minimum absolute atomic E-state index is 0.146. The van der Waals surface area contributed by atoms with Gasteiger partial charge in [-0.1, -0.05) is 13.8 Å². The van der Waals surface area contributed by atoms with E-state index in [1.807, 2.05) is 25.8 Å². The molecule has 1 fully saturated rings. The van der Waals surface area contributed by atoms with E-state index in [-0.39, 0.29) is 5.97 Å². The zero-order chi connectivity index (χ0) is 13.8. The van der Waals surface area contributed by atoms with Crippen molar-refractivity contribution in [1.29, 1.82) is 0 Å². The molecule has 1 unspecified atom stereocenters. The summed E-state index contributed by atoms with van der Waals surface area (Å²) in [6.45, 7) is 12.7. The molecule has 1 N–H and O–H groups in total. The Morgan fingerprint density at radius 3 is 2.67 bits per heavy atom. The minimum Gasteiger partial charge on any atom is -0.367 e. The fourth-order valence-corrected chi connectivity index (χ4v) is 1.85. The fourth-order valence-electron chi connectivity index (χ4n) is 1.85. The van der Waals surface area contributed by atoms with E-state index in [0.29, 0.717) is 12.0 Å². The maximum Gasteiger partial charge on any atom is 0.330 e. The minimum atomic E-state index is -0.432. The summed E-state index contributed by atoms with van der Waals surface area (Å²) < 4.78 is 0. The zero-order valence-electron chi connectivity index (χ0n) is 12.5. The summed E-state index contributed by atoms with van der Waals surface area (Å²) >= 11 is 0. The maximum atomic E-state index is 11.8. The van der Waals surface area contributed by atoms with Gasteiger partial charge in [0.05, 0.1) is 12.0 Å². The van der Waals surface area contributed by atoms with E-state index >= 15 is 0 Å². The molecular formula is C14H28N2O2. The summed E-state index contributed by atoms with van der Waals surface area (Å²) in [4.78, 5) is 17.3. The number of nitrogens with one attached hydrogen (secondary N) is 1. The van der Waals surface area contributed by atoms with E-state index in [4.69, 9.17) is 4.84 Å². The van der Waals surface area contributed by atoms with Crippen molar-refractivity contribution in [3.63, 3.8) is 0 Å². The van der Waals surface area contributed by atoms with Gasteiger partial charge in [0, 0.05) is 12.6 Å². The molecule has 1 aliphatic heterocycles. The standard InChI is InChI=1S/C14H28N2O2/c1-11(2)9-15-12-7-6-8-16(10-12)18-13(17)14(3,4)5/h11-12,15H,6-10H2,1-5H3. The Labute approximate surface area is 111 Å². The van der Waals surface area contributed by atoms with Gasteiger partial charge >= 0.3 is 5.97 Å². The molecule has 0 spiro atoms. The maximum absolute atomic E-state index is 11.8. The van der Waals surface area contributed by atoms with Crippen LogP contribution >= 0.6 is 0 Å². The van der Waals surface area contributed by atoms with Crippen molar-refractivity contribution in [2.45, 2.75) is 53.5 Å². The molecule has 106 valence electrons. The summed E-state index contributed by atoms with van der Waals surface area (Å²) in [5, 5.41) is 5.34. The van der Waals surface area contributed by atoms with Gasteiger partial charge in [0.15, 0.2) is 0 Å². The van der Waals surface area contributed by atoms with Gasteiger partial charge in [0.25, 0.3) is 0 Å². The Hall–Kier alpha value is -0.610. The summed E-state index contributed by atoms with van der Waals surface area (Å²) in [7, 11) is 0. The zero-order valence-corrected chi connectivity index (χ0v) is 12.5. The molecule has 0 aromatic carbocycles. The summed E-state index contributed by atoms with van der Waals surface area (Å²) in [6, 6.07) is 0.439. The van der Waals surface area contributed by atoms with Crippen molar-refractivity contribution in [2.24, 2.45) is 11.3 Å². The molecule has 0 aromatic heterocycles. The molecule has 1 atom stereocenters. The second-order valence-corrected chi connectivity index (χ2v) is 6.66. The lowest BCUT2D eigenvalue weighted by Gasteiger charge is -2.33. The van der Waals surface area contributed by atoms with Gasteiger partial charge in [-0.25, -0.2) is 4.79 Å². The number of carbonyl (C=O) groups excluding carboxylic acids is 1. The Morgan fingerprint density at radius 1 is 1.44 bits per heavy atom. The number of piperidine rings is 1. The highest BCUT2D eigenvalue weighted by atomic mass is 16.7. The summed E-state index contributed by atoms with van der Waals surface area (Å²) in [5.41, 5.74) is -0.432. The highest BCUT2D eigenvalue weighted by Gasteiger charge is 2.28. The van der Waals surface area contributed by atoms with Crippen LogP contribution in [0.25, 0.3) is 0 Å². The third kappa shape index (κ3) is 5.36. The van der Waals surface area contributed by atoms with Gasteiger partial charge < -0.3 is 10.2 Å². The van der Waals surface area contributed by atoms with E-state index in [1.165, 1.54) is 0 Å². The topological polar surface area (TPSA) is 41.6 Å². The largest absolute Gasteiger partial charge is 0.367 e. The predicted molar refractivity (Wildman–Crippen MR) is 73.0 cm³/mol. The lowest BCUT2D eigenvalue weighted by Crippen LogP contribution is -2.48. The van der Waals surface area contributed by atoms with Gasteiger partial charge in [-0.15, -0.1) is 5.06 Å². The molecule has 0 amide bonds. The van der Waals surface area contributed by atoms with Crippen LogP contribution in [0, 0.1) is 11.3 Å². The van der Waals surface area contributed by atoms with Crippen molar-refractivity contribution >= 4 is 5.97 Å². The highest BCUT2D eigenvalue weighted by molar-refractivity contribution is 5.75. The molecule has 0 bridgehead atoms. The smallest absolute Gasteiger partial charge is 0.330 e. The molecule has 18 heavy (non-hydrogen) atoms. The molecule has 0 aliphatic carbocycles. The Balaban J connectivity index is 2.37. The average molecular weight is 256 g/mol. The molecule has 1 aliphatic rings. The fraction of sp³-hybridized carbons (Fsp3) is 0.929. The Bertz CT molecular complexity index is 271. The highest BCUT2D eigenvalue weighted by Crippen LogP contribution is 2.18. The predicted octanol–water partition coefficient (Wildman–Crippen LogP) is 2.20. The summed E-state index contributed by atoms with van der Waals surface area (Å²) in [5.74, 6) is 0.504. The Kier molecular flexibility index (Phi) is 5.60. The van der Waals surface area contributed by atoms with E-state index in [1.54, 1.807) is 0 Å². The first-order valence-electron chi connectivity index (χ1n) is 6.99. The van der Waals surface area contributed by atoms with Crippen LogP contribution in [0.4, 0.5) is 0 Å². The molecule has 0 saturated carbocycles. The van der Waals surface area contributed by atoms with Crippen LogP contribution in [0.15, 0.2) is 0 Å². The monoisotopic (exact) mass is 256 g/mol. The second kappa shape index (κ2) is 6.53. The molecule has 4 nitrogen and oxygen atoms in total. The van der Waals surface area contributed by atoms with Crippen LogP contribution in [0.2, 0.25) is 0 Å². The first kappa shape index (κ1) is 15.4. The third-order valence-electron chi connectivity index (χ3n) is 3.02. The molecule has 4 heteroatoms. The Morgan fingerprint density at radius 2 is 2.11 bits per heavy atom. The summed E-state index contributed by atoms with van der Waals surface area (Å²) in [6.07, 6.45) is 2.24. The van der Waals surface area contributed by atoms with Gasteiger partial charge in [-0.3, -0.25) is 0 Å². The molecule has 1 rings (SSSR count). The van der Waals surface area contributed by atoms with Gasteiger partial charge in [-0.05, 0) is 46.1 Å². The molecule has 0 aromatic rings. The number of hydroxylamine groups is 2. The van der Waals surface area contributed by atoms with Crippen LogP contribution in [-0.2, 0) is 9.63 Å². The van der Waals surface area contributed by atoms with Crippen LogP contribution in [0.5, 0.6) is 0 Å². The van der Waals surface area contributed by atoms with Gasteiger partial charge in [0.1, 0.15) is 0 Å². The first-order chi connectivity index (χ1) is 8.29. The van der Waals surface area contributed by atoms with Crippen molar-refractivity contribution < 1.29 is 9.63 Å². The van der Waals surface area contributed by atoms with Crippen molar-refractivity contribution in [2.75, 3.05) is 19.6 Å². The third-order valence-corrected chi connectivity index (χ3v) is 3.02. The number of hydrogen-bond acceptors (Lipinski definition) is 4. The lowest BCUT2D eigenvalue weighted by atomic mass is 9.98. The second-order valence-electron chi connectivity index (χ2n) is 6.66. The van der Waals surface area contributed by atoms with E-state index < -0.39 is 5.41 Å². The van der Waals surface area contributed by atoms with Gasteiger partial charge in [0.2, 0.25) is 0 Å². The van der Waals surface area contributed by atoms with E-state index in [2.05, 4.69) is 19.2 Å².